The first-order valence-electron chi connectivity index (χ1n) is 11.2. The molecule has 7 heteroatoms. The number of carbonyl (C=O) groups is 2. The lowest BCUT2D eigenvalue weighted by atomic mass is 9.50. The van der Waals surface area contributed by atoms with Gasteiger partial charge in [-0.25, -0.2) is 0 Å². The Hall–Kier alpha value is -3.74. The average Bonchev–Trinajstić information content (AvgIpc) is 2.75. The number of hydrogen-bond acceptors (Lipinski definition) is 5. The van der Waals surface area contributed by atoms with Gasteiger partial charge in [-0.3, -0.25) is 19.6 Å². The van der Waals surface area contributed by atoms with Crippen molar-refractivity contribution in [1.82, 2.24) is 15.3 Å². The van der Waals surface area contributed by atoms with Crippen molar-refractivity contribution in [3.63, 3.8) is 0 Å². The van der Waals surface area contributed by atoms with E-state index < -0.39 is 5.97 Å². The third-order valence-corrected chi connectivity index (χ3v) is 7.02. The van der Waals surface area contributed by atoms with Gasteiger partial charge in [0.2, 0.25) is 0 Å². The van der Waals surface area contributed by atoms with Crippen LogP contribution in [0.1, 0.15) is 42.6 Å². The summed E-state index contributed by atoms with van der Waals surface area (Å²) in [5, 5.41) is 14.4. The van der Waals surface area contributed by atoms with E-state index in [9.17, 15) is 9.59 Å². The largest absolute Gasteiger partial charge is 0.481 e. The number of nitrogens with two attached hydrogens (primary N) is 1. The van der Waals surface area contributed by atoms with Gasteiger partial charge in [-0.2, -0.15) is 0 Å². The monoisotopic (exact) mass is 442 g/mol. The van der Waals surface area contributed by atoms with Crippen LogP contribution in [0.15, 0.2) is 61.1 Å². The van der Waals surface area contributed by atoms with Crippen LogP contribution >= 0.6 is 0 Å². The van der Waals surface area contributed by atoms with Crippen molar-refractivity contribution < 1.29 is 14.7 Å². The summed E-state index contributed by atoms with van der Waals surface area (Å²) in [4.78, 5) is 33.2. The van der Waals surface area contributed by atoms with Crippen LogP contribution in [0.2, 0.25) is 0 Å². The molecule has 2 fully saturated rings. The highest BCUT2D eigenvalue weighted by atomic mass is 16.4. The van der Waals surface area contributed by atoms with Crippen LogP contribution in [0.4, 0.5) is 0 Å². The standard InChI is InChI=1S/C26H26N4O3/c27-14-22(24(31)30-21-12-26(13-21)10-19(11-26)25(32)33)23-17(6-3-7-28-23)9-20-8-16-4-1-2-5-18(16)15-29-20/h1-8,14-15,19,21H,9-13,27H2,(H,30,31)(H,32,33)/b22-14+. The molecule has 0 unspecified atom stereocenters. The molecule has 2 saturated carbocycles. The zero-order valence-corrected chi connectivity index (χ0v) is 18.2. The molecule has 1 aromatic carbocycles. The Morgan fingerprint density at radius 1 is 1.09 bits per heavy atom. The number of carboxylic acids is 1. The molecule has 0 radical (unpaired) electrons. The van der Waals surface area contributed by atoms with Crippen LogP contribution in [0, 0.1) is 11.3 Å². The number of hydrogen-bond donors (Lipinski definition) is 3. The first-order valence-corrected chi connectivity index (χ1v) is 11.2. The Bertz CT molecular complexity index is 1260. The predicted octanol–water partition coefficient (Wildman–Crippen LogP) is 3.28. The molecule has 3 aromatic rings. The molecule has 2 aromatic heterocycles. The van der Waals surface area contributed by atoms with Crippen LogP contribution in [-0.2, 0) is 16.0 Å². The van der Waals surface area contributed by atoms with E-state index in [1.54, 1.807) is 6.20 Å². The maximum atomic E-state index is 13.0. The van der Waals surface area contributed by atoms with Crippen molar-refractivity contribution in [2.45, 2.75) is 38.1 Å². The summed E-state index contributed by atoms with van der Waals surface area (Å²) in [6, 6.07) is 13.9. The number of carboxylic acid groups (broad SMARTS) is 1. The third kappa shape index (κ3) is 4.06. The van der Waals surface area contributed by atoms with Gasteiger partial charge in [-0.1, -0.05) is 30.3 Å². The first kappa shape index (κ1) is 21.1. The minimum Gasteiger partial charge on any atom is -0.481 e. The second-order valence-corrected chi connectivity index (χ2v) is 9.31. The summed E-state index contributed by atoms with van der Waals surface area (Å²) in [7, 11) is 0. The molecule has 1 amide bonds. The summed E-state index contributed by atoms with van der Waals surface area (Å²) in [6.45, 7) is 0. The number of carbonyl (C=O) groups excluding carboxylic acids is 1. The molecule has 0 saturated heterocycles. The molecule has 2 heterocycles. The Kier molecular flexibility index (Phi) is 5.32. The normalized spacial score (nSPS) is 24.2. The Morgan fingerprint density at radius 3 is 2.58 bits per heavy atom. The minimum atomic E-state index is -0.718. The van der Waals surface area contributed by atoms with E-state index in [4.69, 9.17) is 10.8 Å². The third-order valence-electron chi connectivity index (χ3n) is 7.02. The molecule has 1 spiro atoms. The maximum absolute atomic E-state index is 13.0. The molecule has 4 N–H and O–H groups in total. The van der Waals surface area contributed by atoms with Crippen LogP contribution in [0.5, 0.6) is 0 Å². The number of aromatic nitrogens is 2. The molecule has 33 heavy (non-hydrogen) atoms. The molecule has 2 aliphatic carbocycles. The van der Waals surface area contributed by atoms with E-state index in [-0.39, 0.29) is 23.3 Å². The molecule has 5 rings (SSSR count). The van der Waals surface area contributed by atoms with Gasteiger partial charge in [0.15, 0.2) is 0 Å². The number of aliphatic carboxylic acids is 1. The highest BCUT2D eigenvalue weighted by Gasteiger charge is 2.55. The van der Waals surface area contributed by atoms with Crippen LogP contribution < -0.4 is 11.1 Å². The van der Waals surface area contributed by atoms with E-state index in [0.717, 1.165) is 34.9 Å². The van der Waals surface area contributed by atoms with Gasteiger partial charge in [-0.15, -0.1) is 0 Å². The Labute approximate surface area is 191 Å². The highest BCUT2D eigenvalue weighted by molar-refractivity contribution is 6.19. The number of nitrogens with one attached hydrogen (secondary N) is 1. The number of nitrogens with zero attached hydrogens (tertiary/aromatic N) is 2. The quantitative estimate of drug-likeness (QED) is 0.504. The molecule has 0 aliphatic heterocycles. The van der Waals surface area contributed by atoms with E-state index in [1.165, 1.54) is 6.20 Å². The van der Waals surface area contributed by atoms with Gasteiger partial charge < -0.3 is 16.2 Å². The highest BCUT2D eigenvalue weighted by Crippen LogP contribution is 2.58. The number of pyridine rings is 2. The van der Waals surface area contributed by atoms with Gasteiger partial charge in [-0.05, 0) is 54.2 Å². The molecule has 0 atom stereocenters. The zero-order valence-electron chi connectivity index (χ0n) is 18.2. The SMILES string of the molecule is N/C=C(/C(=O)NC1CC2(C1)CC(C(=O)O)C2)c1ncccc1Cc1cc2ccccc2cn1. The lowest BCUT2D eigenvalue weighted by Crippen LogP contribution is -2.57. The number of fused-ring (bicyclic) bond motifs is 1. The van der Waals surface area contributed by atoms with Crippen LogP contribution in [0.25, 0.3) is 16.3 Å². The van der Waals surface area contributed by atoms with Crippen molar-refractivity contribution in [2.24, 2.45) is 17.1 Å². The van der Waals surface area contributed by atoms with Crippen LogP contribution in [0.3, 0.4) is 0 Å². The van der Waals surface area contributed by atoms with Crippen molar-refractivity contribution in [2.75, 3.05) is 0 Å². The molecule has 2 aliphatic rings. The topological polar surface area (TPSA) is 118 Å². The summed E-state index contributed by atoms with van der Waals surface area (Å²) < 4.78 is 0. The minimum absolute atomic E-state index is 0.0384. The van der Waals surface area contributed by atoms with Crippen LogP contribution in [-0.4, -0.2) is 33.0 Å². The van der Waals surface area contributed by atoms with E-state index in [2.05, 4.69) is 27.4 Å². The number of rotatable bonds is 6. The van der Waals surface area contributed by atoms with Crippen molar-refractivity contribution in [3.8, 4) is 0 Å². The summed E-state index contributed by atoms with van der Waals surface area (Å²) in [5.41, 5.74) is 8.62. The predicted molar refractivity (Wildman–Crippen MR) is 125 cm³/mol. The van der Waals surface area contributed by atoms with Gasteiger partial charge in [0.1, 0.15) is 0 Å². The lowest BCUT2D eigenvalue weighted by molar-refractivity contribution is -0.156. The molecule has 0 bridgehead atoms. The average molecular weight is 443 g/mol. The summed E-state index contributed by atoms with van der Waals surface area (Å²) in [5.74, 6) is -1.20. The zero-order chi connectivity index (χ0) is 23.0. The second-order valence-electron chi connectivity index (χ2n) is 9.31. The number of amides is 1. The van der Waals surface area contributed by atoms with Crippen molar-refractivity contribution in [3.05, 3.63) is 78.0 Å². The van der Waals surface area contributed by atoms with E-state index in [1.807, 2.05) is 36.5 Å². The van der Waals surface area contributed by atoms with Gasteiger partial charge in [0.05, 0.1) is 17.2 Å². The Balaban J connectivity index is 1.28. The van der Waals surface area contributed by atoms with E-state index >= 15 is 0 Å². The van der Waals surface area contributed by atoms with Gasteiger partial charge in [0, 0.05) is 42.1 Å². The fourth-order valence-corrected chi connectivity index (χ4v) is 5.35. The Morgan fingerprint density at radius 2 is 1.85 bits per heavy atom. The smallest absolute Gasteiger partial charge is 0.306 e. The van der Waals surface area contributed by atoms with Crippen molar-refractivity contribution >= 4 is 28.2 Å². The lowest BCUT2D eigenvalue weighted by Gasteiger charge is -2.56. The van der Waals surface area contributed by atoms with E-state index in [0.29, 0.717) is 30.5 Å². The molecular formula is C26H26N4O3. The first-order chi connectivity index (χ1) is 16.0. The summed E-state index contributed by atoms with van der Waals surface area (Å²) >= 11 is 0. The molecule has 7 nitrogen and oxygen atoms in total. The van der Waals surface area contributed by atoms with Crippen molar-refractivity contribution in [1.29, 1.82) is 0 Å². The fraction of sp³-hybridized carbons (Fsp3) is 0.308. The molecule has 168 valence electrons. The fourth-order valence-electron chi connectivity index (χ4n) is 5.35. The number of benzene rings is 1. The maximum Gasteiger partial charge on any atom is 0.306 e. The molecular weight excluding hydrogens is 416 g/mol. The van der Waals surface area contributed by atoms with Gasteiger partial charge in [0.25, 0.3) is 5.91 Å². The van der Waals surface area contributed by atoms with Gasteiger partial charge >= 0.3 is 5.97 Å². The summed E-state index contributed by atoms with van der Waals surface area (Å²) in [6.07, 6.45) is 8.40. The second kappa shape index (κ2) is 8.31.